The fourth-order valence-electron chi connectivity index (χ4n) is 1.97. The third-order valence-electron chi connectivity index (χ3n) is 3.16. The number of hydrogen-bond donors (Lipinski definition) is 2. The lowest BCUT2D eigenvalue weighted by molar-refractivity contribution is -0.386. The quantitative estimate of drug-likeness (QED) is 0.522. The first kappa shape index (κ1) is 18.9. The number of nitro benzene ring substituents is 1. The Morgan fingerprint density at radius 1 is 1.36 bits per heavy atom. The second-order valence-electron chi connectivity index (χ2n) is 4.80. The first-order valence-corrected chi connectivity index (χ1v) is 8.90. The summed E-state index contributed by atoms with van der Waals surface area (Å²) in [6.07, 6.45) is 1.62. The van der Waals surface area contributed by atoms with E-state index in [1.54, 1.807) is 13.2 Å². The summed E-state index contributed by atoms with van der Waals surface area (Å²) in [7, 11) is -1.37. The molecule has 2 aromatic rings. The van der Waals surface area contributed by atoms with Gasteiger partial charge in [0.15, 0.2) is 5.75 Å². The minimum atomic E-state index is -4.21. The van der Waals surface area contributed by atoms with Gasteiger partial charge in [-0.3, -0.25) is 20.3 Å². The number of sulfonamides is 1. The van der Waals surface area contributed by atoms with E-state index in [-0.39, 0.29) is 11.4 Å². The zero-order valence-corrected chi connectivity index (χ0v) is 15.4. The molecule has 2 rings (SSSR count). The van der Waals surface area contributed by atoms with E-state index in [9.17, 15) is 23.3 Å². The zero-order valence-electron chi connectivity index (χ0n) is 13.0. The van der Waals surface area contributed by atoms with Crippen LogP contribution in [0.2, 0.25) is 0 Å². The molecule has 2 N–H and O–H groups in total. The van der Waals surface area contributed by atoms with Gasteiger partial charge < -0.3 is 9.30 Å². The lowest BCUT2D eigenvalue weighted by atomic mass is 10.3. The molecule has 0 atom stereocenters. The van der Waals surface area contributed by atoms with Gasteiger partial charge in [0.25, 0.3) is 15.9 Å². The second-order valence-corrected chi connectivity index (χ2v) is 7.40. The molecule has 134 valence electrons. The van der Waals surface area contributed by atoms with Crippen LogP contribution in [-0.4, -0.2) is 30.9 Å². The van der Waals surface area contributed by atoms with E-state index in [2.05, 4.69) is 15.9 Å². The van der Waals surface area contributed by atoms with Crippen molar-refractivity contribution >= 4 is 37.5 Å². The molecule has 0 unspecified atom stereocenters. The predicted molar refractivity (Wildman–Crippen MR) is 90.5 cm³/mol. The molecule has 25 heavy (non-hydrogen) atoms. The number of ether oxygens (including phenoxy) is 1. The lowest BCUT2D eigenvalue weighted by Gasteiger charge is -2.09. The molecule has 1 amide bonds. The smallest absolute Gasteiger partial charge is 0.312 e. The molecule has 0 aliphatic carbocycles. The number of carbonyl (C=O) groups excluding carboxylic acids is 1. The molecule has 0 fully saturated rings. The third-order valence-corrected chi connectivity index (χ3v) is 4.84. The molecule has 1 heterocycles. The summed E-state index contributed by atoms with van der Waals surface area (Å²) < 4.78 is 31.4. The maximum atomic E-state index is 12.2. The Balaban J connectivity index is 2.22. The highest BCUT2D eigenvalue weighted by Crippen LogP contribution is 2.29. The van der Waals surface area contributed by atoms with E-state index in [4.69, 9.17) is 4.74 Å². The Hall–Kier alpha value is -2.44. The van der Waals surface area contributed by atoms with Crippen LogP contribution in [0.5, 0.6) is 5.75 Å². The van der Waals surface area contributed by atoms with Gasteiger partial charge in [0, 0.05) is 23.8 Å². The number of aromatic nitrogens is 1. The first-order chi connectivity index (χ1) is 11.7. The number of halogens is 1. The standard InChI is InChI=1S/C13H13BrN4O6S/c1-17-7-8(14)5-11(17)13(19)15-16-25(22,23)9-3-4-12(24-2)10(6-9)18(20)21/h3-7,16H,1-2H3,(H,15,19). The Bertz CT molecular complexity index is 940. The van der Waals surface area contributed by atoms with Gasteiger partial charge in [-0.2, -0.15) is 0 Å². The van der Waals surface area contributed by atoms with E-state index in [1.807, 2.05) is 10.3 Å². The summed E-state index contributed by atoms with van der Waals surface area (Å²) in [4.78, 5) is 23.7. The summed E-state index contributed by atoms with van der Waals surface area (Å²) in [6, 6.07) is 4.62. The van der Waals surface area contributed by atoms with Crippen LogP contribution in [-0.2, 0) is 17.1 Å². The van der Waals surface area contributed by atoms with Crippen LogP contribution >= 0.6 is 15.9 Å². The van der Waals surface area contributed by atoms with Crippen molar-refractivity contribution in [2.75, 3.05) is 7.11 Å². The molecule has 0 bridgehead atoms. The fourth-order valence-corrected chi connectivity index (χ4v) is 3.35. The van der Waals surface area contributed by atoms with Crippen molar-refractivity contribution < 1.29 is 22.9 Å². The second kappa shape index (κ2) is 7.21. The van der Waals surface area contributed by atoms with Crippen LogP contribution in [0.4, 0.5) is 5.69 Å². The predicted octanol–water partition coefficient (Wildman–Crippen LogP) is 1.33. The van der Waals surface area contributed by atoms with E-state index in [0.29, 0.717) is 4.47 Å². The molecule has 12 heteroatoms. The highest BCUT2D eigenvalue weighted by Gasteiger charge is 2.23. The van der Waals surface area contributed by atoms with Crippen molar-refractivity contribution in [1.29, 1.82) is 0 Å². The highest BCUT2D eigenvalue weighted by atomic mass is 79.9. The normalized spacial score (nSPS) is 11.2. The zero-order chi connectivity index (χ0) is 18.8. The molecule has 1 aromatic heterocycles. The number of nitrogens with zero attached hydrogens (tertiary/aromatic N) is 2. The molecule has 0 saturated carbocycles. The molecule has 10 nitrogen and oxygen atoms in total. The van der Waals surface area contributed by atoms with Crippen molar-refractivity contribution in [1.82, 2.24) is 14.8 Å². The van der Waals surface area contributed by atoms with Gasteiger partial charge in [-0.1, -0.05) is 0 Å². The van der Waals surface area contributed by atoms with Gasteiger partial charge in [0.05, 0.1) is 16.9 Å². The van der Waals surface area contributed by atoms with E-state index in [0.717, 1.165) is 18.2 Å². The van der Waals surface area contributed by atoms with E-state index < -0.39 is 31.4 Å². The molecular weight excluding hydrogens is 420 g/mol. The number of methoxy groups -OCH3 is 1. The van der Waals surface area contributed by atoms with Crippen LogP contribution in [0.25, 0.3) is 0 Å². The van der Waals surface area contributed by atoms with E-state index >= 15 is 0 Å². The maximum absolute atomic E-state index is 12.2. The number of carbonyl (C=O) groups is 1. The van der Waals surface area contributed by atoms with Gasteiger partial charge in [-0.05, 0) is 34.1 Å². The number of aryl methyl sites for hydroxylation is 1. The minimum absolute atomic E-state index is 0.0818. The number of nitro groups is 1. The summed E-state index contributed by atoms with van der Waals surface area (Å²) in [6.45, 7) is 0. The Kier molecular flexibility index (Phi) is 5.45. The molecule has 0 radical (unpaired) electrons. The summed E-state index contributed by atoms with van der Waals surface area (Å²) in [5.41, 5.74) is 1.74. The maximum Gasteiger partial charge on any atom is 0.312 e. The summed E-state index contributed by atoms with van der Waals surface area (Å²) in [5.74, 6) is -0.776. The average molecular weight is 433 g/mol. The third kappa shape index (κ3) is 4.15. The van der Waals surface area contributed by atoms with Crippen molar-refractivity contribution in [3.63, 3.8) is 0 Å². The van der Waals surface area contributed by atoms with Crippen LogP contribution in [0.3, 0.4) is 0 Å². The fraction of sp³-hybridized carbons (Fsp3) is 0.154. The van der Waals surface area contributed by atoms with Gasteiger partial charge in [-0.15, -0.1) is 4.83 Å². The molecular formula is C13H13BrN4O6S. The number of benzene rings is 1. The molecule has 0 aliphatic heterocycles. The first-order valence-electron chi connectivity index (χ1n) is 6.62. The van der Waals surface area contributed by atoms with Crippen molar-refractivity contribution in [3.05, 3.63) is 50.7 Å². The lowest BCUT2D eigenvalue weighted by Crippen LogP contribution is -2.42. The topological polar surface area (TPSA) is 133 Å². The molecule has 1 aromatic carbocycles. The minimum Gasteiger partial charge on any atom is -0.490 e. The van der Waals surface area contributed by atoms with Gasteiger partial charge in [0.2, 0.25) is 0 Å². The van der Waals surface area contributed by atoms with Crippen LogP contribution in [0.1, 0.15) is 10.5 Å². The number of rotatable bonds is 6. The van der Waals surface area contributed by atoms with Gasteiger partial charge >= 0.3 is 5.69 Å². The number of nitrogens with one attached hydrogen (secondary N) is 2. The van der Waals surface area contributed by atoms with Crippen molar-refractivity contribution in [2.24, 2.45) is 7.05 Å². The van der Waals surface area contributed by atoms with Crippen molar-refractivity contribution in [2.45, 2.75) is 4.90 Å². The highest BCUT2D eigenvalue weighted by molar-refractivity contribution is 9.10. The van der Waals surface area contributed by atoms with Gasteiger partial charge in [-0.25, -0.2) is 8.42 Å². The Morgan fingerprint density at radius 3 is 2.56 bits per heavy atom. The van der Waals surface area contributed by atoms with Crippen LogP contribution in [0.15, 0.2) is 39.8 Å². The van der Waals surface area contributed by atoms with E-state index in [1.165, 1.54) is 17.7 Å². The van der Waals surface area contributed by atoms with Crippen LogP contribution < -0.4 is 15.0 Å². The largest absolute Gasteiger partial charge is 0.490 e. The number of amides is 1. The average Bonchev–Trinajstić information content (AvgIpc) is 2.90. The molecule has 0 saturated heterocycles. The SMILES string of the molecule is COc1ccc(S(=O)(=O)NNC(=O)c2cc(Br)cn2C)cc1[N+](=O)[O-]. The molecule has 0 aliphatic rings. The number of hydrazine groups is 1. The monoisotopic (exact) mass is 432 g/mol. The van der Waals surface area contributed by atoms with Crippen LogP contribution in [0, 0.1) is 10.1 Å². The van der Waals surface area contributed by atoms with Crippen molar-refractivity contribution in [3.8, 4) is 5.75 Å². The van der Waals surface area contributed by atoms with Gasteiger partial charge in [0.1, 0.15) is 5.69 Å². The summed E-state index contributed by atoms with van der Waals surface area (Å²) in [5, 5.41) is 11.0. The Labute approximate surface area is 151 Å². The molecule has 0 spiro atoms. The Morgan fingerprint density at radius 2 is 2.04 bits per heavy atom. The number of hydrogen-bond acceptors (Lipinski definition) is 6. The summed E-state index contributed by atoms with van der Waals surface area (Å²) >= 11 is 3.20.